The Morgan fingerprint density at radius 1 is 1.08 bits per heavy atom. The van der Waals surface area contributed by atoms with Gasteiger partial charge in [-0.05, 0) is 30.9 Å². The highest BCUT2D eigenvalue weighted by atomic mass is 16.5. The van der Waals surface area contributed by atoms with Gasteiger partial charge in [-0.1, -0.05) is 48.5 Å². The van der Waals surface area contributed by atoms with Crippen molar-refractivity contribution in [2.24, 2.45) is 5.73 Å². The van der Waals surface area contributed by atoms with Crippen LogP contribution in [0.2, 0.25) is 0 Å². The lowest BCUT2D eigenvalue weighted by molar-refractivity contribution is -0.121. The Morgan fingerprint density at radius 3 is 2.58 bits per heavy atom. The molecule has 0 aliphatic heterocycles. The quantitative estimate of drug-likeness (QED) is 0.859. The molecule has 0 bridgehead atoms. The third kappa shape index (κ3) is 4.59. The molecule has 4 nitrogen and oxygen atoms in total. The molecule has 1 aliphatic rings. The molecular weight excluding hydrogens is 300 g/mol. The average molecular weight is 324 g/mol. The zero-order chi connectivity index (χ0) is 16.8. The van der Waals surface area contributed by atoms with E-state index in [0.717, 1.165) is 36.1 Å². The van der Waals surface area contributed by atoms with E-state index in [0.29, 0.717) is 13.0 Å². The van der Waals surface area contributed by atoms with Gasteiger partial charge in [-0.2, -0.15) is 0 Å². The van der Waals surface area contributed by atoms with Crippen LogP contribution in [0.15, 0.2) is 54.6 Å². The minimum absolute atomic E-state index is 0.0323. The maximum atomic E-state index is 12.3. The van der Waals surface area contributed by atoms with Crippen molar-refractivity contribution in [2.75, 3.05) is 0 Å². The summed E-state index contributed by atoms with van der Waals surface area (Å²) < 4.78 is 5.91. The van der Waals surface area contributed by atoms with Gasteiger partial charge in [-0.15, -0.1) is 0 Å². The second-order valence-corrected chi connectivity index (χ2v) is 6.40. The molecule has 1 aliphatic carbocycles. The van der Waals surface area contributed by atoms with Crippen LogP contribution in [-0.2, 0) is 17.8 Å². The van der Waals surface area contributed by atoms with Gasteiger partial charge < -0.3 is 15.8 Å². The van der Waals surface area contributed by atoms with Crippen LogP contribution in [0.25, 0.3) is 0 Å². The highest BCUT2D eigenvalue weighted by molar-refractivity contribution is 5.79. The molecule has 3 N–H and O–H groups in total. The second kappa shape index (κ2) is 7.97. The third-order valence-electron chi connectivity index (χ3n) is 4.40. The van der Waals surface area contributed by atoms with E-state index in [1.54, 1.807) is 0 Å². The Bertz CT molecular complexity index is 672. The number of nitrogens with two attached hydrogens (primary N) is 1. The summed E-state index contributed by atoms with van der Waals surface area (Å²) in [7, 11) is 0. The first kappa shape index (κ1) is 16.5. The highest BCUT2D eigenvalue weighted by Crippen LogP contribution is 2.21. The Kier molecular flexibility index (Phi) is 5.49. The summed E-state index contributed by atoms with van der Waals surface area (Å²) in [5.41, 5.74) is 7.92. The summed E-state index contributed by atoms with van der Waals surface area (Å²) in [6.07, 6.45) is 3.16. The fourth-order valence-corrected chi connectivity index (χ4v) is 3.13. The van der Waals surface area contributed by atoms with Gasteiger partial charge in [0.15, 0.2) is 0 Å². The number of amides is 1. The van der Waals surface area contributed by atoms with Gasteiger partial charge in [-0.25, -0.2) is 0 Å². The van der Waals surface area contributed by atoms with Crippen molar-refractivity contribution >= 4 is 5.91 Å². The molecule has 0 radical (unpaired) electrons. The van der Waals surface area contributed by atoms with E-state index in [1.807, 2.05) is 54.6 Å². The average Bonchev–Trinajstić information content (AvgIpc) is 3.00. The lowest BCUT2D eigenvalue weighted by Crippen LogP contribution is -2.35. The summed E-state index contributed by atoms with van der Waals surface area (Å²) in [6, 6.07) is 18.2. The van der Waals surface area contributed by atoms with Gasteiger partial charge in [0.1, 0.15) is 12.4 Å². The Morgan fingerprint density at radius 2 is 1.83 bits per heavy atom. The lowest BCUT2D eigenvalue weighted by atomic mass is 10.1. The number of carbonyl (C=O) groups is 1. The molecule has 0 spiro atoms. The van der Waals surface area contributed by atoms with Crippen LogP contribution in [0.3, 0.4) is 0 Å². The topological polar surface area (TPSA) is 64.3 Å². The number of para-hydroxylation sites is 1. The molecule has 24 heavy (non-hydrogen) atoms. The first-order chi connectivity index (χ1) is 11.7. The summed E-state index contributed by atoms with van der Waals surface area (Å²) in [6.45, 7) is 0.497. The molecule has 2 aromatic carbocycles. The van der Waals surface area contributed by atoms with E-state index < -0.39 is 0 Å². The normalized spacial score (nSPS) is 19.9. The Labute approximate surface area is 143 Å². The first-order valence-corrected chi connectivity index (χ1v) is 8.50. The van der Waals surface area contributed by atoms with Crippen LogP contribution in [0.5, 0.6) is 5.75 Å². The van der Waals surface area contributed by atoms with E-state index in [-0.39, 0.29) is 18.0 Å². The van der Waals surface area contributed by atoms with Crippen LogP contribution in [0, 0.1) is 0 Å². The number of nitrogens with one attached hydrogen (secondary N) is 1. The van der Waals surface area contributed by atoms with Crippen LogP contribution in [-0.4, -0.2) is 18.0 Å². The predicted molar refractivity (Wildman–Crippen MR) is 94.7 cm³/mol. The fraction of sp³-hybridized carbons (Fsp3) is 0.350. The number of rotatable bonds is 6. The number of carbonyl (C=O) groups excluding carboxylic acids is 1. The van der Waals surface area contributed by atoms with Gasteiger partial charge >= 0.3 is 0 Å². The van der Waals surface area contributed by atoms with Gasteiger partial charge in [-0.3, -0.25) is 4.79 Å². The third-order valence-corrected chi connectivity index (χ3v) is 4.40. The summed E-state index contributed by atoms with van der Waals surface area (Å²) in [5, 5.41) is 3.08. The van der Waals surface area contributed by atoms with Crippen LogP contribution in [0.1, 0.15) is 30.4 Å². The molecule has 0 heterocycles. The smallest absolute Gasteiger partial charge is 0.224 e. The van der Waals surface area contributed by atoms with Crippen LogP contribution in [0.4, 0.5) is 0 Å². The van der Waals surface area contributed by atoms with Crippen molar-refractivity contribution in [1.82, 2.24) is 5.32 Å². The number of hydrogen-bond acceptors (Lipinski definition) is 3. The number of ether oxygens (including phenoxy) is 1. The van der Waals surface area contributed by atoms with Crippen molar-refractivity contribution in [3.05, 3.63) is 65.7 Å². The van der Waals surface area contributed by atoms with E-state index in [1.165, 1.54) is 0 Å². The molecular formula is C20H24N2O2. The molecule has 0 unspecified atom stereocenters. The fourth-order valence-electron chi connectivity index (χ4n) is 3.13. The van der Waals surface area contributed by atoms with Gasteiger partial charge in [0.2, 0.25) is 5.91 Å². The summed E-state index contributed by atoms with van der Waals surface area (Å²) in [5.74, 6) is 0.796. The Balaban J connectivity index is 1.58. The maximum absolute atomic E-state index is 12.3. The summed E-state index contributed by atoms with van der Waals surface area (Å²) >= 11 is 0. The largest absolute Gasteiger partial charge is 0.489 e. The van der Waals surface area contributed by atoms with E-state index in [4.69, 9.17) is 10.5 Å². The molecule has 2 aromatic rings. The Hall–Kier alpha value is -2.33. The van der Waals surface area contributed by atoms with Crippen molar-refractivity contribution in [1.29, 1.82) is 0 Å². The predicted octanol–water partition coefficient (Wildman–Crippen LogP) is 2.80. The SMILES string of the molecule is N[C@H]1CC[C@H](NC(=O)Cc2ccccc2OCc2ccccc2)C1. The molecule has 2 atom stereocenters. The minimum Gasteiger partial charge on any atom is -0.489 e. The van der Waals surface area contributed by atoms with Gasteiger partial charge in [0.05, 0.1) is 6.42 Å². The van der Waals surface area contributed by atoms with E-state index in [9.17, 15) is 4.79 Å². The molecule has 1 saturated carbocycles. The zero-order valence-corrected chi connectivity index (χ0v) is 13.8. The van der Waals surface area contributed by atoms with E-state index in [2.05, 4.69) is 5.32 Å². The number of hydrogen-bond donors (Lipinski definition) is 2. The maximum Gasteiger partial charge on any atom is 0.224 e. The molecule has 3 rings (SSSR count). The van der Waals surface area contributed by atoms with Crippen molar-refractivity contribution in [2.45, 2.75) is 44.4 Å². The second-order valence-electron chi connectivity index (χ2n) is 6.40. The van der Waals surface area contributed by atoms with Crippen molar-refractivity contribution < 1.29 is 9.53 Å². The number of benzene rings is 2. The molecule has 4 heteroatoms. The minimum atomic E-state index is 0.0323. The van der Waals surface area contributed by atoms with Crippen molar-refractivity contribution in [3.63, 3.8) is 0 Å². The molecule has 0 aromatic heterocycles. The van der Waals surface area contributed by atoms with E-state index >= 15 is 0 Å². The first-order valence-electron chi connectivity index (χ1n) is 8.50. The van der Waals surface area contributed by atoms with Crippen LogP contribution >= 0.6 is 0 Å². The molecule has 0 saturated heterocycles. The molecule has 126 valence electrons. The van der Waals surface area contributed by atoms with Gasteiger partial charge in [0.25, 0.3) is 0 Å². The lowest BCUT2D eigenvalue weighted by Gasteiger charge is -2.14. The molecule has 1 fully saturated rings. The highest BCUT2D eigenvalue weighted by Gasteiger charge is 2.23. The molecule has 1 amide bonds. The van der Waals surface area contributed by atoms with Crippen molar-refractivity contribution in [3.8, 4) is 5.75 Å². The monoisotopic (exact) mass is 324 g/mol. The van der Waals surface area contributed by atoms with Gasteiger partial charge in [0, 0.05) is 17.6 Å². The summed E-state index contributed by atoms with van der Waals surface area (Å²) in [4.78, 5) is 12.3. The van der Waals surface area contributed by atoms with Crippen LogP contribution < -0.4 is 15.8 Å². The standard InChI is InChI=1S/C20H24N2O2/c21-17-10-11-18(13-17)22-20(23)12-16-8-4-5-9-19(16)24-14-15-6-2-1-3-7-15/h1-9,17-18H,10-14,21H2,(H,22,23)/t17-,18-/m0/s1. The zero-order valence-electron chi connectivity index (χ0n) is 13.8.